The van der Waals surface area contributed by atoms with Crippen LogP contribution in [0.1, 0.15) is 95.2 Å². The van der Waals surface area contributed by atoms with Gasteiger partial charge in [0.05, 0.1) is 12.4 Å². The number of rotatable bonds is 11. The first-order chi connectivity index (χ1) is 15.7. The zero-order chi connectivity index (χ0) is 23.4. The van der Waals surface area contributed by atoms with E-state index in [-0.39, 0.29) is 0 Å². The number of ether oxygens (including phenoxy) is 1. The monoisotopic (exact) mass is 435 g/mol. The van der Waals surface area contributed by atoms with E-state index in [4.69, 9.17) is 4.74 Å². The van der Waals surface area contributed by atoms with Crippen LogP contribution < -0.4 is 0 Å². The van der Waals surface area contributed by atoms with Crippen molar-refractivity contribution >= 4 is 5.57 Å². The molecule has 0 saturated carbocycles. The summed E-state index contributed by atoms with van der Waals surface area (Å²) in [5.41, 5.74) is 5.10. The summed E-state index contributed by atoms with van der Waals surface area (Å²) in [7, 11) is 0. The fraction of sp³-hybridized carbons (Fsp3) is 0.500. The van der Waals surface area contributed by atoms with Gasteiger partial charge in [-0.05, 0) is 55.0 Å². The van der Waals surface area contributed by atoms with Gasteiger partial charge in [0.25, 0.3) is 0 Å². The van der Waals surface area contributed by atoms with Gasteiger partial charge in [-0.3, -0.25) is 4.98 Å². The first kappa shape index (κ1) is 27.7. The summed E-state index contributed by atoms with van der Waals surface area (Å²) in [6, 6.07) is 12.7. The van der Waals surface area contributed by atoms with Crippen LogP contribution in [0.2, 0.25) is 0 Å². The van der Waals surface area contributed by atoms with E-state index in [1.165, 1.54) is 67.2 Å². The second-order valence-corrected chi connectivity index (χ2v) is 8.16. The molecule has 0 atom stereocenters. The summed E-state index contributed by atoms with van der Waals surface area (Å²) < 4.78 is 5.48. The number of hydrogen-bond acceptors (Lipinski definition) is 2. The van der Waals surface area contributed by atoms with E-state index in [2.05, 4.69) is 61.8 Å². The van der Waals surface area contributed by atoms with Crippen molar-refractivity contribution in [3.8, 4) is 0 Å². The average Bonchev–Trinajstić information content (AvgIpc) is 3.36. The first-order valence-electron chi connectivity index (χ1n) is 12.6. The fourth-order valence-electron chi connectivity index (χ4n) is 3.51. The molecule has 2 nitrogen and oxygen atoms in total. The van der Waals surface area contributed by atoms with Crippen molar-refractivity contribution in [3.63, 3.8) is 0 Å². The van der Waals surface area contributed by atoms with E-state index in [1.54, 1.807) is 0 Å². The number of benzene rings is 1. The molecule has 1 aromatic carbocycles. The largest absolute Gasteiger partial charge is 0.498 e. The summed E-state index contributed by atoms with van der Waals surface area (Å²) in [4.78, 5) is 4.11. The zero-order valence-electron chi connectivity index (χ0n) is 21.0. The van der Waals surface area contributed by atoms with Crippen LogP contribution in [0.5, 0.6) is 0 Å². The third-order valence-corrected chi connectivity index (χ3v) is 5.45. The molecule has 0 radical (unpaired) electrons. The number of aromatic nitrogens is 1. The second kappa shape index (κ2) is 18.2. The molecule has 0 fully saturated rings. The van der Waals surface area contributed by atoms with Gasteiger partial charge in [-0.25, -0.2) is 0 Å². The first-order valence-corrected chi connectivity index (χ1v) is 12.6. The molecule has 2 heterocycles. The van der Waals surface area contributed by atoms with Crippen molar-refractivity contribution in [2.45, 2.75) is 91.9 Å². The minimum absolute atomic E-state index is 0.854. The summed E-state index contributed by atoms with van der Waals surface area (Å²) in [6.45, 7) is 13.3. The Morgan fingerprint density at radius 1 is 0.969 bits per heavy atom. The summed E-state index contributed by atoms with van der Waals surface area (Å²) in [5.74, 6) is 1.13. The van der Waals surface area contributed by atoms with Crippen molar-refractivity contribution in [1.82, 2.24) is 4.98 Å². The van der Waals surface area contributed by atoms with Crippen LogP contribution in [0.25, 0.3) is 5.57 Å². The number of aryl methyl sites for hydroxylation is 2. The Morgan fingerprint density at radius 2 is 1.69 bits per heavy atom. The van der Waals surface area contributed by atoms with E-state index in [0.717, 1.165) is 31.6 Å². The van der Waals surface area contributed by atoms with Crippen LogP contribution in [0.15, 0.2) is 67.2 Å². The van der Waals surface area contributed by atoms with Crippen LogP contribution in [-0.4, -0.2) is 11.6 Å². The Balaban J connectivity index is 0.000000300. The summed E-state index contributed by atoms with van der Waals surface area (Å²) in [5, 5.41) is 0. The Kier molecular flexibility index (Phi) is 15.8. The topological polar surface area (TPSA) is 22.1 Å². The minimum atomic E-state index is 0.854. The highest BCUT2D eigenvalue weighted by atomic mass is 16.5. The molecule has 176 valence electrons. The normalized spacial score (nSPS) is 11.9. The van der Waals surface area contributed by atoms with Crippen LogP contribution in [-0.2, 0) is 11.2 Å². The second-order valence-electron chi connectivity index (χ2n) is 8.16. The van der Waals surface area contributed by atoms with Crippen LogP contribution in [0.4, 0.5) is 0 Å². The van der Waals surface area contributed by atoms with Gasteiger partial charge in [0.2, 0.25) is 0 Å². The van der Waals surface area contributed by atoms with E-state index < -0.39 is 0 Å². The van der Waals surface area contributed by atoms with Crippen LogP contribution in [0, 0.1) is 6.92 Å². The molecular weight excluding hydrogens is 390 g/mol. The van der Waals surface area contributed by atoms with Crippen molar-refractivity contribution < 1.29 is 4.74 Å². The van der Waals surface area contributed by atoms with E-state index in [0.29, 0.717) is 0 Å². The van der Waals surface area contributed by atoms with Gasteiger partial charge in [-0.1, -0.05) is 95.3 Å². The molecule has 0 bridgehead atoms. The lowest BCUT2D eigenvalue weighted by atomic mass is 10.0. The standard InChI is InChI=1S/C15H18O.C13H21N.C2H6/c1-12-5-8-14(9-6-12)13(2)7-10-15-4-3-11-16-15;1-2-3-4-5-6-7-9-13-10-8-11-14-12-13;1-2/h4-6,8-9H,2-3,7,10-11H2,1H3;8,10-12H,2-7,9H2,1H3;1-2H3. The number of allylic oxidation sites excluding steroid dienone is 2. The number of hydrogen-bond donors (Lipinski definition) is 0. The van der Waals surface area contributed by atoms with Gasteiger partial charge in [0, 0.05) is 25.2 Å². The third kappa shape index (κ3) is 12.5. The smallest absolute Gasteiger partial charge is 0.0924 e. The Morgan fingerprint density at radius 3 is 2.31 bits per heavy atom. The van der Waals surface area contributed by atoms with Crippen molar-refractivity contribution in [1.29, 1.82) is 0 Å². The molecule has 0 aliphatic carbocycles. The van der Waals surface area contributed by atoms with Crippen LogP contribution in [0.3, 0.4) is 0 Å². The Labute approximate surface area is 197 Å². The molecular formula is C30H45NO. The Bertz CT molecular complexity index is 746. The number of unbranched alkanes of at least 4 members (excludes halogenated alkanes) is 5. The van der Waals surface area contributed by atoms with Crippen molar-refractivity contribution in [2.75, 3.05) is 6.61 Å². The highest BCUT2D eigenvalue weighted by molar-refractivity contribution is 5.63. The molecule has 0 saturated heterocycles. The van der Waals surface area contributed by atoms with E-state index in [9.17, 15) is 0 Å². The molecule has 3 rings (SSSR count). The quantitative estimate of drug-likeness (QED) is 0.328. The molecule has 0 unspecified atom stereocenters. The molecule has 1 aromatic heterocycles. The fourth-order valence-corrected chi connectivity index (χ4v) is 3.51. The Hall–Kier alpha value is -2.35. The molecule has 2 aromatic rings. The van der Waals surface area contributed by atoms with Crippen LogP contribution >= 0.6 is 0 Å². The van der Waals surface area contributed by atoms with Gasteiger partial charge < -0.3 is 4.74 Å². The maximum Gasteiger partial charge on any atom is 0.0924 e. The molecule has 0 N–H and O–H groups in total. The molecule has 1 aliphatic rings. The van der Waals surface area contributed by atoms with Gasteiger partial charge >= 0.3 is 0 Å². The van der Waals surface area contributed by atoms with E-state index >= 15 is 0 Å². The zero-order valence-corrected chi connectivity index (χ0v) is 21.0. The lowest BCUT2D eigenvalue weighted by molar-refractivity contribution is 0.235. The van der Waals surface area contributed by atoms with Crippen molar-refractivity contribution in [2.24, 2.45) is 0 Å². The minimum Gasteiger partial charge on any atom is -0.498 e. The number of pyridine rings is 1. The third-order valence-electron chi connectivity index (χ3n) is 5.45. The van der Waals surface area contributed by atoms with Gasteiger partial charge in [0.15, 0.2) is 0 Å². The van der Waals surface area contributed by atoms with Gasteiger partial charge in [0.1, 0.15) is 0 Å². The van der Waals surface area contributed by atoms with Gasteiger partial charge in [-0.2, -0.15) is 0 Å². The van der Waals surface area contributed by atoms with Gasteiger partial charge in [-0.15, -0.1) is 0 Å². The average molecular weight is 436 g/mol. The highest BCUT2D eigenvalue weighted by Gasteiger charge is 2.06. The predicted octanol–water partition coefficient (Wildman–Crippen LogP) is 9.10. The number of nitrogens with zero attached hydrogens (tertiary/aromatic N) is 1. The molecule has 0 amide bonds. The summed E-state index contributed by atoms with van der Waals surface area (Å²) >= 11 is 0. The molecule has 32 heavy (non-hydrogen) atoms. The molecule has 1 aliphatic heterocycles. The lowest BCUT2D eigenvalue weighted by Crippen LogP contribution is -1.88. The summed E-state index contributed by atoms with van der Waals surface area (Å²) in [6.07, 6.45) is 18.4. The maximum atomic E-state index is 5.48. The highest BCUT2D eigenvalue weighted by Crippen LogP contribution is 2.23. The molecule has 0 spiro atoms. The van der Waals surface area contributed by atoms with Crippen molar-refractivity contribution in [3.05, 3.63) is 83.9 Å². The molecule has 2 heteroatoms. The predicted molar refractivity (Wildman–Crippen MR) is 141 cm³/mol. The van der Waals surface area contributed by atoms with E-state index in [1.807, 2.05) is 32.3 Å². The maximum absolute atomic E-state index is 5.48. The lowest BCUT2D eigenvalue weighted by Gasteiger charge is -2.07. The SMILES string of the molecule is C=C(CCC1=CCCO1)c1ccc(C)cc1.CC.CCCCCCCCc1cccnc1.